The lowest BCUT2D eigenvalue weighted by molar-refractivity contribution is -0.0922. The van der Waals surface area contributed by atoms with Gasteiger partial charge in [-0.15, -0.1) is 0 Å². The lowest BCUT2D eigenvalue weighted by atomic mass is 10.00. The van der Waals surface area contributed by atoms with E-state index in [-0.39, 0.29) is 11.8 Å². The standard InChI is InChI=1S/C10H19NO3/c1-10(2,3)11-7-5-4-6-8(11)14-9(12)13/h8H,4-7H2,1-3H3,(H,12,13)/t8-/m1/s1. The monoisotopic (exact) mass is 201 g/mol. The van der Waals surface area contributed by atoms with E-state index >= 15 is 0 Å². The second-order valence-corrected chi connectivity index (χ2v) is 4.70. The van der Waals surface area contributed by atoms with Gasteiger partial charge >= 0.3 is 6.16 Å². The average Bonchev–Trinajstić information content (AvgIpc) is 2.01. The van der Waals surface area contributed by atoms with Crippen LogP contribution in [0.15, 0.2) is 0 Å². The molecule has 0 saturated carbocycles. The predicted molar refractivity (Wildman–Crippen MR) is 53.2 cm³/mol. The third-order valence-electron chi connectivity index (χ3n) is 2.55. The van der Waals surface area contributed by atoms with Crippen LogP contribution in [0.3, 0.4) is 0 Å². The fraction of sp³-hybridized carbons (Fsp3) is 0.900. The van der Waals surface area contributed by atoms with Crippen LogP contribution in [0.1, 0.15) is 40.0 Å². The van der Waals surface area contributed by atoms with Gasteiger partial charge in [0.25, 0.3) is 0 Å². The summed E-state index contributed by atoms with van der Waals surface area (Å²) in [7, 11) is 0. The van der Waals surface area contributed by atoms with Crippen LogP contribution >= 0.6 is 0 Å². The Balaban J connectivity index is 2.64. The molecule has 4 nitrogen and oxygen atoms in total. The molecule has 0 aliphatic carbocycles. The highest BCUT2D eigenvalue weighted by Gasteiger charge is 2.33. The van der Waals surface area contributed by atoms with Gasteiger partial charge in [0.15, 0.2) is 6.23 Å². The summed E-state index contributed by atoms with van der Waals surface area (Å²) >= 11 is 0. The number of carbonyl (C=O) groups is 1. The predicted octanol–water partition coefficient (Wildman–Crippen LogP) is 2.29. The first-order chi connectivity index (χ1) is 6.41. The first kappa shape index (κ1) is 11.3. The Labute approximate surface area is 84.8 Å². The molecular weight excluding hydrogens is 182 g/mol. The fourth-order valence-electron chi connectivity index (χ4n) is 1.91. The van der Waals surface area contributed by atoms with Crippen LogP contribution in [0, 0.1) is 0 Å². The van der Waals surface area contributed by atoms with Crippen LogP contribution in [-0.4, -0.2) is 34.5 Å². The van der Waals surface area contributed by atoms with E-state index < -0.39 is 6.16 Å². The Morgan fingerprint density at radius 2 is 2.07 bits per heavy atom. The van der Waals surface area contributed by atoms with Crippen LogP contribution in [0.4, 0.5) is 4.79 Å². The molecule has 1 rings (SSSR count). The largest absolute Gasteiger partial charge is 0.507 e. The molecule has 1 heterocycles. The molecule has 1 aliphatic heterocycles. The van der Waals surface area contributed by atoms with E-state index in [1.807, 2.05) is 0 Å². The second-order valence-electron chi connectivity index (χ2n) is 4.70. The van der Waals surface area contributed by atoms with E-state index in [2.05, 4.69) is 25.7 Å². The number of ether oxygens (including phenoxy) is 1. The molecule has 0 aromatic heterocycles. The molecule has 0 radical (unpaired) electrons. The van der Waals surface area contributed by atoms with Gasteiger partial charge in [0.05, 0.1) is 0 Å². The van der Waals surface area contributed by atoms with E-state index in [1.165, 1.54) is 0 Å². The van der Waals surface area contributed by atoms with Crippen molar-refractivity contribution in [1.82, 2.24) is 4.90 Å². The van der Waals surface area contributed by atoms with Gasteiger partial charge in [-0.05, 0) is 40.0 Å². The van der Waals surface area contributed by atoms with Crippen molar-refractivity contribution in [2.45, 2.75) is 51.8 Å². The SMILES string of the molecule is CC(C)(C)N1CCCC[C@H]1OC(=O)O. The number of hydrogen-bond donors (Lipinski definition) is 1. The van der Waals surface area contributed by atoms with Gasteiger partial charge in [0.2, 0.25) is 0 Å². The van der Waals surface area contributed by atoms with Gasteiger partial charge in [0, 0.05) is 12.1 Å². The summed E-state index contributed by atoms with van der Waals surface area (Å²) in [4.78, 5) is 12.6. The molecule has 1 saturated heterocycles. The van der Waals surface area contributed by atoms with Crippen molar-refractivity contribution in [2.75, 3.05) is 6.54 Å². The number of piperidine rings is 1. The van der Waals surface area contributed by atoms with Crippen molar-refractivity contribution >= 4 is 6.16 Å². The average molecular weight is 201 g/mol. The van der Waals surface area contributed by atoms with E-state index in [9.17, 15) is 4.79 Å². The summed E-state index contributed by atoms with van der Waals surface area (Å²) in [5, 5.41) is 8.60. The maximum Gasteiger partial charge on any atom is 0.507 e. The summed E-state index contributed by atoms with van der Waals surface area (Å²) in [6, 6.07) is 0. The number of nitrogens with zero attached hydrogens (tertiary/aromatic N) is 1. The molecule has 0 aromatic carbocycles. The summed E-state index contributed by atoms with van der Waals surface area (Å²) in [5.41, 5.74) is -0.0272. The maximum absolute atomic E-state index is 10.5. The molecule has 4 heteroatoms. The quantitative estimate of drug-likeness (QED) is 0.661. The van der Waals surface area contributed by atoms with Crippen molar-refractivity contribution < 1.29 is 14.6 Å². The Kier molecular flexibility index (Phi) is 3.37. The van der Waals surface area contributed by atoms with Crippen LogP contribution < -0.4 is 0 Å². The van der Waals surface area contributed by atoms with E-state index in [0.29, 0.717) is 0 Å². The molecule has 1 aliphatic rings. The highest BCUT2D eigenvalue weighted by atomic mass is 16.7. The lowest BCUT2D eigenvalue weighted by Gasteiger charge is -2.43. The Bertz CT molecular complexity index is 210. The van der Waals surface area contributed by atoms with E-state index in [0.717, 1.165) is 25.8 Å². The minimum absolute atomic E-state index is 0.0272. The molecule has 14 heavy (non-hydrogen) atoms. The molecule has 1 atom stereocenters. The maximum atomic E-state index is 10.5. The fourth-order valence-corrected chi connectivity index (χ4v) is 1.91. The topological polar surface area (TPSA) is 49.8 Å². The molecule has 0 amide bonds. The highest BCUT2D eigenvalue weighted by molar-refractivity contribution is 5.57. The van der Waals surface area contributed by atoms with Gasteiger partial charge in [-0.2, -0.15) is 0 Å². The molecule has 1 fully saturated rings. The minimum Gasteiger partial charge on any atom is -0.450 e. The van der Waals surface area contributed by atoms with Crippen LogP contribution in [0.5, 0.6) is 0 Å². The molecule has 82 valence electrons. The Morgan fingerprint density at radius 1 is 1.43 bits per heavy atom. The highest BCUT2D eigenvalue weighted by Crippen LogP contribution is 2.26. The zero-order valence-electron chi connectivity index (χ0n) is 9.12. The van der Waals surface area contributed by atoms with Crippen molar-refractivity contribution in [1.29, 1.82) is 0 Å². The molecular formula is C10H19NO3. The second kappa shape index (κ2) is 4.17. The van der Waals surface area contributed by atoms with E-state index in [4.69, 9.17) is 9.84 Å². The van der Waals surface area contributed by atoms with Gasteiger partial charge in [0.1, 0.15) is 0 Å². The Morgan fingerprint density at radius 3 is 2.57 bits per heavy atom. The molecule has 0 bridgehead atoms. The summed E-state index contributed by atoms with van der Waals surface area (Å²) < 4.78 is 4.87. The third kappa shape index (κ3) is 2.87. The van der Waals surface area contributed by atoms with Crippen molar-refractivity contribution in [3.05, 3.63) is 0 Å². The molecule has 0 unspecified atom stereocenters. The summed E-state index contributed by atoms with van der Waals surface area (Å²) in [5.74, 6) is 0. The molecule has 0 aromatic rings. The van der Waals surface area contributed by atoms with Crippen molar-refractivity contribution in [2.24, 2.45) is 0 Å². The van der Waals surface area contributed by atoms with Gasteiger partial charge in [-0.3, -0.25) is 4.90 Å². The van der Waals surface area contributed by atoms with Crippen molar-refractivity contribution in [3.63, 3.8) is 0 Å². The van der Waals surface area contributed by atoms with Gasteiger partial charge in [-0.1, -0.05) is 0 Å². The summed E-state index contributed by atoms with van der Waals surface area (Å²) in [6.45, 7) is 7.16. The smallest absolute Gasteiger partial charge is 0.450 e. The molecule has 0 spiro atoms. The number of hydrogen-bond acceptors (Lipinski definition) is 3. The number of rotatable bonds is 1. The molecule has 1 N–H and O–H groups in total. The van der Waals surface area contributed by atoms with Crippen LogP contribution in [0.2, 0.25) is 0 Å². The summed E-state index contributed by atoms with van der Waals surface area (Å²) in [6.07, 6.45) is 1.54. The number of likely N-dealkylation sites (tertiary alicyclic amines) is 1. The van der Waals surface area contributed by atoms with E-state index in [1.54, 1.807) is 0 Å². The van der Waals surface area contributed by atoms with Crippen LogP contribution in [-0.2, 0) is 4.74 Å². The third-order valence-corrected chi connectivity index (χ3v) is 2.55. The first-order valence-corrected chi connectivity index (χ1v) is 5.07. The van der Waals surface area contributed by atoms with Crippen molar-refractivity contribution in [3.8, 4) is 0 Å². The minimum atomic E-state index is -1.17. The van der Waals surface area contributed by atoms with Gasteiger partial charge in [-0.25, -0.2) is 4.79 Å². The zero-order chi connectivity index (χ0) is 10.8. The van der Waals surface area contributed by atoms with Crippen LogP contribution in [0.25, 0.3) is 0 Å². The number of carboxylic acid groups (broad SMARTS) is 1. The Hall–Kier alpha value is -0.770. The normalized spacial score (nSPS) is 24.6. The first-order valence-electron chi connectivity index (χ1n) is 5.07. The zero-order valence-corrected chi connectivity index (χ0v) is 9.12. The van der Waals surface area contributed by atoms with Gasteiger partial charge < -0.3 is 9.84 Å². The lowest BCUT2D eigenvalue weighted by Crippen LogP contribution is -2.52.